The highest BCUT2D eigenvalue weighted by atomic mass is 16.4. The molecule has 0 bridgehead atoms. The van der Waals surface area contributed by atoms with Crippen LogP contribution in [0.25, 0.3) is 17.1 Å². The molecule has 0 atom stereocenters. The van der Waals surface area contributed by atoms with Crippen molar-refractivity contribution in [3.8, 4) is 22.9 Å². The lowest BCUT2D eigenvalue weighted by atomic mass is 10.1. The SMILES string of the molecule is O=Cc1nnn(-c2ccc(O)c(C(=O)O)c2)c1-c1ccco1. The van der Waals surface area contributed by atoms with Gasteiger partial charge in [-0.05, 0) is 30.3 Å². The number of carbonyl (C=O) groups excluding carboxylic acids is 1. The van der Waals surface area contributed by atoms with Crippen molar-refractivity contribution in [2.45, 2.75) is 0 Å². The molecule has 22 heavy (non-hydrogen) atoms. The largest absolute Gasteiger partial charge is 0.507 e. The number of rotatable bonds is 4. The second-order valence-corrected chi connectivity index (χ2v) is 4.34. The maximum atomic E-state index is 11.1. The quantitative estimate of drug-likeness (QED) is 0.704. The van der Waals surface area contributed by atoms with E-state index in [1.54, 1.807) is 12.1 Å². The Bertz CT molecular complexity index is 851. The van der Waals surface area contributed by atoms with Crippen molar-refractivity contribution >= 4 is 12.3 Å². The van der Waals surface area contributed by atoms with E-state index in [1.165, 1.54) is 29.1 Å². The maximum Gasteiger partial charge on any atom is 0.339 e. The zero-order chi connectivity index (χ0) is 15.7. The first kappa shape index (κ1) is 13.6. The third-order valence-electron chi connectivity index (χ3n) is 3.02. The zero-order valence-corrected chi connectivity index (χ0v) is 11.0. The molecule has 110 valence electrons. The van der Waals surface area contributed by atoms with Crippen LogP contribution in [-0.2, 0) is 0 Å². The summed E-state index contributed by atoms with van der Waals surface area (Å²) in [5.41, 5.74) is 0.384. The van der Waals surface area contributed by atoms with Gasteiger partial charge in [-0.15, -0.1) is 5.10 Å². The molecule has 3 aromatic rings. The van der Waals surface area contributed by atoms with Crippen molar-refractivity contribution in [2.75, 3.05) is 0 Å². The number of hydrogen-bond acceptors (Lipinski definition) is 6. The van der Waals surface area contributed by atoms with Crippen LogP contribution in [0.15, 0.2) is 41.0 Å². The Labute approximate surface area is 123 Å². The molecule has 0 radical (unpaired) electrons. The number of carboxylic acid groups (broad SMARTS) is 1. The number of aromatic hydroxyl groups is 1. The third-order valence-corrected chi connectivity index (χ3v) is 3.02. The fourth-order valence-corrected chi connectivity index (χ4v) is 2.02. The van der Waals surface area contributed by atoms with Gasteiger partial charge < -0.3 is 14.6 Å². The topological polar surface area (TPSA) is 118 Å². The second kappa shape index (κ2) is 5.17. The summed E-state index contributed by atoms with van der Waals surface area (Å²) in [4.78, 5) is 22.2. The molecule has 0 unspecified atom stereocenters. The summed E-state index contributed by atoms with van der Waals surface area (Å²) in [5.74, 6) is -1.29. The van der Waals surface area contributed by atoms with Crippen LogP contribution in [0.5, 0.6) is 5.75 Å². The lowest BCUT2D eigenvalue weighted by Gasteiger charge is -2.07. The van der Waals surface area contributed by atoms with Crippen LogP contribution in [0.3, 0.4) is 0 Å². The summed E-state index contributed by atoms with van der Waals surface area (Å²) in [5, 5.41) is 26.2. The van der Waals surface area contributed by atoms with Crippen molar-refractivity contribution < 1.29 is 24.2 Å². The van der Waals surface area contributed by atoms with Gasteiger partial charge in [0.05, 0.1) is 12.0 Å². The van der Waals surface area contributed by atoms with Crippen molar-refractivity contribution in [1.29, 1.82) is 0 Å². The predicted octanol–water partition coefficient (Wildman–Crippen LogP) is 1.74. The van der Waals surface area contributed by atoms with Crippen LogP contribution in [0.2, 0.25) is 0 Å². The minimum atomic E-state index is -1.28. The number of benzene rings is 1. The summed E-state index contributed by atoms with van der Waals surface area (Å²) in [6.07, 6.45) is 1.96. The molecule has 2 aromatic heterocycles. The van der Waals surface area contributed by atoms with E-state index in [4.69, 9.17) is 9.52 Å². The van der Waals surface area contributed by atoms with Crippen molar-refractivity contribution in [2.24, 2.45) is 0 Å². The molecule has 0 aliphatic rings. The summed E-state index contributed by atoms with van der Waals surface area (Å²) >= 11 is 0. The Morgan fingerprint density at radius 1 is 1.32 bits per heavy atom. The molecule has 0 fully saturated rings. The third kappa shape index (κ3) is 2.12. The predicted molar refractivity (Wildman–Crippen MR) is 73.1 cm³/mol. The van der Waals surface area contributed by atoms with Gasteiger partial charge in [-0.25, -0.2) is 9.48 Å². The number of nitrogens with zero attached hydrogens (tertiary/aromatic N) is 3. The van der Waals surface area contributed by atoms with Gasteiger partial charge in [0, 0.05) is 0 Å². The summed E-state index contributed by atoms with van der Waals surface area (Å²) < 4.78 is 6.53. The number of phenols is 1. The van der Waals surface area contributed by atoms with Crippen LogP contribution in [0, 0.1) is 0 Å². The number of carbonyl (C=O) groups is 2. The van der Waals surface area contributed by atoms with E-state index in [0.29, 0.717) is 23.4 Å². The number of aromatic nitrogens is 3. The smallest absolute Gasteiger partial charge is 0.339 e. The molecule has 2 heterocycles. The minimum Gasteiger partial charge on any atom is -0.507 e. The average molecular weight is 299 g/mol. The van der Waals surface area contributed by atoms with Crippen molar-refractivity contribution in [3.63, 3.8) is 0 Å². The van der Waals surface area contributed by atoms with E-state index < -0.39 is 5.97 Å². The second-order valence-electron chi connectivity index (χ2n) is 4.34. The number of furan rings is 1. The molecular weight excluding hydrogens is 290 g/mol. The lowest BCUT2D eigenvalue weighted by Crippen LogP contribution is -2.03. The first-order chi connectivity index (χ1) is 10.6. The van der Waals surface area contributed by atoms with E-state index in [0.717, 1.165) is 0 Å². The molecule has 0 aliphatic heterocycles. The van der Waals surface area contributed by atoms with Gasteiger partial charge in [0.2, 0.25) is 0 Å². The van der Waals surface area contributed by atoms with Crippen molar-refractivity contribution in [1.82, 2.24) is 15.0 Å². The molecular formula is C14H9N3O5. The van der Waals surface area contributed by atoms with Gasteiger partial charge in [-0.3, -0.25) is 4.79 Å². The Morgan fingerprint density at radius 3 is 2.77 bits per heavy atom. The zero-order valence-electron chi connectivity index (χ0n) is 11.0. The number of aldehydes is 1. The summed E-state index contributed by atoms with van der Waals surface area (Å²) in [6.45, 7) is 0. The highest BCUT2D eigenvalue weighted by Crippen LogP contribution is 2.27. The summed E-state index contributed by atoms with van der Waals surface area (Å²) in [7, 11) is 0. The van der Waals surface area contributed by atoms with Crippen LogP contribution in [0.4, 0.5) is 0 Å². The molecule has 8 nitrogen and oxygen atoms in total. The standard InChI is InChI=1S/C14H9N3O5/c18-7-10-13(12-2-1-5-22-12)17(16-15-10)8-3-4-11(19)9(6-8)14(20)21/h1-7,19H,(H,20,21). The van der Waals surface area contributed by atoms with Gasteiger partial charge in [0.15, 0.2) is 17.7 Å². The highest BCUT2D eigenvalue weighted by Gasteiger charge is 2.20. The van der Waals surface area contributed by atoms with Gasteiger partial charge in [-0.2, -0.15) is 0 Å². The fourth-order valence-electron chi connectivity index (χ4n) is 2.02. The Morgan fingerprint density at radius 2 is 2.14 bits per heavy atom. The Balaban J connectivity index is 2.22. The monoisotopic (exact) mass is 299 g/mol. The Kier molecular flexibility index (Phi) is 3.18. The van der Waals surface area contributed by atoms with E-state index in [9.17, 15) is 14.7 Å². The highest BCUT2D eigenvalue weighted by molar-refractivity contribution is 5.91. The van der Waals surface area contributed by atoms with Crippen LogP contribution in [-0.4, -0.2) is 37.5 Å². The first-order valence-electron chi connectivity index (χ1n) is 6.13. The summed E-state index contributed by atoms with van der Waals surface area (Å²) in [6, 6.07) is 7.18. The molecule has 2 N–H and O–H groups in total. The maximum absolute atomic E-state index is 11.1. The molecule has 0 saturated carbocycles. The molecule has 3 rings (SSSR count). The molecule has 0 saturated heterocycles. The fraction of sp³-hybridized carbons (Fsp3) is 0. The number of aromatic carboxylic acids is 1. The molecule has 1 aromatic carbocycles. The van der Waals surface area contributed by atoms with Crippen LogP contribution in [0.1, 0.15) is 20.8 Å². The average Bonchev–Trinajstić information content (AvgIpc) is 3.15. The van der Waals surface area contributed by atoms with Crippen LogP contribution < -0.4 is 0 Å². The van der Waals surface area contributed by atoms with Gasteiger partial charge in [0.1, 0.15) is 17.0 Å². The Hall–Kier alpha value is -3.42. The van der Waals surface area contributed by atoms with Gasteiger partial charge in [0.25, 0.3) is 0 Å². The number of carboxylic acids is 1. The minimum absolute atomic E-state index is 0.0555. The molecule has 8 heteroatoms. The van der Waals surface area contributed by atoms with Crippen LogP contribution >= 0.6 is 0 Å². The lowest BCUT2D eigenvalue weighted by molar-refractivity contribution is 0.0693. The van der Waals surface area contributed by atoms with E-state index in [-0.39, 0.29) is 17.0 Å². The normalized spacial score (nSPS) is 10.5. The van der Waals surface area contributed by atoms with E-state index in [1.807, 2.05) is 0 Å². The first-order valence-corrected chi connectivity index (χ1v) is 6.13. The van der Waals surface area contributed by atoms with E-state index >= 15 is 0 Å². The van der Waals surface area contributed by atoms with Gasteiger partial charge >= 0.3 is 5.97 Å². The number of hydrogen-bond donors (Lipinski definition) is 2. The van der Waals surface area contributed by atoms with Crippen molar-refractivity contribution in [3.05, 3.63) is 47.9 Å². The molecule has 0 spiro atoms. The van der Waals surface area contributed by atoms with Gasteiger partial charge in [-0.1, -0.05) is 5.21 Å². The molecule has 0 amide bonds. The molecule has 0 aliphatic carbocycles. The van der Waals surface area contributed by atoms with E-state index in [2.05, 4.69) is 10.3 Å².